The van der Waals surface area contributed by atoms with Crippen molar-refractivity contribution < 1.29 is 4.74 Å². The quantitative estimate of drug-likeness (QED) is 0.863. The topological polar surface area (TPSA) is 63.9 Å². The lowest BCUT2D eigenvalue weighted by Gasteiger charge is -2.09. The molecule has 0 saturated heterocycles. The molecule has 1 aromatic carbocycles. The number of anilines is 1. The van der Waals surface area contributed by atoms with Crippen LogP contribution in [0.5, 0.6) is 5.75 Å². The highest BCUT2D eigenvalue weighted by Crippen LogP contribution is 2.34. The molecule has 0 radical (unpaired) electrons. The zero-order valence-electron chi connectivity index (χ0n) is 9.97. The number of hydrogen-bond acceptors (Lipinski definition) is 3. The molecule has 1 aromatic heterocycles. The van der Waals surface area contributed by atoms with Crippen molar-refractivity contribution in [3.05, 3.63) is 28.3 Å². The summed E-state index contributed by atoms with van der Waals surface area (Å²) in [4.78, 5) is 0. The molecule has 2 rings (SSSR count). The van der Waals surface area contributed by atoms with E-state index in [4.69, 9.17) is 22.1 Å². The minimum Gasteiger partial charge on any atom is -0.495 e. The Bertz CT molecular complexity index is 563. The standard InChI is InChI=1S/C12H14ClN3O/c1-6-4-10(17-3)9(13)5-8(6)11-7(2)12(14)16-15-11/h4-5H,1-3H3,(H3,14,15,16). The Kier molecular flexibility index (Phi) is 2.98. The van der Waals surface area contributed by atoms with Gasteiger partial charge in [-0.05, 0) is 31.5 Å². The summed E-state index contributed by atoms with van der Waals surface area (Å²) in [6, 6.07) is 3.75. The lowest BCUT2D eigenvalue weighted by Crippen LogP contribution is -1.91. The minimum atomic E-state index is 0.506. The third-order valence-electron chi connectivity index (χ3n) is 2.82. The average Bonchev–Trinajstić information content (AvgIpc) is 2.63. The van der Waals surface area contributed by atoms with Crippen molar-refractivity contribution in [3.8, 4) is 17.0 Å². The third kappa shape index (κ3) is 1.96. The fraction of sp³-hybridized carbons (Fsp3) is 0.250. The van der Waals surface area contributed by atoms with E-state index in [0.29, 0.717) is 16.6 Å². The first-order chi connectivity index (χ1) is 8.04. The molecule has 3 N–H and O–H groups in total. The normalized spacial score (nSPS) is 10.6. The van der Waals surface area contributed by atoms with Crippen molar-refractivity contribution in [1.82, 2.24) is 10.2 Å². The van der Waals surface area contributed by atoms with E-state index >= 15 is 0 Å². The number of benzene rings is 1. The predicted octanol–water partition coefficient (Wildman–Crippen LogP) is 2.94. The Labute approximate surface area is 105 Å². The van der Waals surface area contributed by atoms with Gasteiger partial charge in [0.1, 0.15) is 11.6 Å². The lowest BCUT2D eigenvalue weighted by molar-refractivity contribution is 0.415. The summed E-state index contributed by atoms with van der Waals surface area (Å²) >= 11 is 6.12. The van der Waals surface area contributed by atoms with Gasteiger partial charge in [-0.3, -0.25) is 5.10 Å². The van der Waals surface area contributed by atoms with Gasteiger partial charge in [-0.15, -0.1) is 0 Å². The van der Waals surface area contributed by atoms with Crippen LogP contribution in [0.1, 0.15) is 11.1 Å². The summed E-state index contributed by atoms with van der Waals surface area (Å²) in [5.74, 6) is 1.17. The van der Waals surface area contributed by atoms with Gasteiger partial charge < -0.3 is 10.5 Å². The molecule has 0 saturated carbocycles. The highest BCUT2D eigenvalue weighted by atomic mass is 35.5. The van der Waals surface area contributed by atoms with Crippen LogP contribution in [0.3, 0.4) is 0 Å². The molecule has 90 valence electrons. The van der Waals surface area contributed by atoms with Crippen molar-refractivity contribution in [1.29, 1.82) is 0 Å². The van der Waals surface area contributed by atoms with Crippen LogP contribution in [0, 0.1) is 13.8 Å². The Hall–Kier alpha value is -1.68. The SMILES string of the molecule is COc1cc(C)c(-c2[nH]nc(N)c2C)cc1Cl. The van der Waals surface area contributed by atoms with Crippen LogP contribution < -0.4 is 10.5 Å². The first-order valence-corrected chi connectivity index (χ1v) is 5.57. The van der Waals surface area contributed by atoms with Gasteiger partial charge in [-0.25, -0.2) is 0 Å². The van der Waals surface area contributed by atoms with Crippen molar-refractivity contribution in [2.45, 2.75) is 13.8 Å². The number of nitrogens with one attached hydrogen (secondary N) is 1. The number of nitrogen functional groups attached to an aromatic ring is 1. The Balaban J connectivity index is 2.60. The molecular weight excluding hydrogens is 238 g/mol. The third-order valence-corrected chi connectivity index (χ3v) is 3.11. The molecule has 0 aliphatic heterocycles. The fourth-order valence-electron chi connectivity index (χ4n) is 1.75. The molecule has 0 bridgehead atoms. The van der Waals surface area contributed by atoms with Gasteiger partial charge in [0.25, 0.3) is 0 Å². The van der Waals surface area contributed by atoms with E-state index in [9.17, 15) is 0 Å². The number of aryl methyl sites for hydroxylation is 1. The van der Waals surface area contributed by atoms with Crippen LogP contribution in [0.4, 0.5) is 5.82 Å². The van der Waals surface area contributed by atoms with Crippen molar-refractivity contribution in [2.24, 2.45) is 0 Å². The smallest absolute Gasteiger partial charge is 0.148 e. The molecule has 17 heavy (non-hydrogen) atoms. The predicted molar refractivity (Wildman–Crippen MR) is 69.5 cm³/mol. The van der Waals surface area contributed by atoms with Gasteiger partial charge in [0.2, 0.25) is 0 Å². The summed E-state index contributed by atoms with van der Waals surface area (Å²) < 4.78 is 5.17. The van der Waals surface area contributed by atoms with E-state index in [-0.39, 0.29) is 0 Å². The highest BCUT2D eigenvalue weighted by Gasteiger charge is 2.13. The van der Waals surface area contributed by atoms with Gasteiger partial charge in [0, 0.05) is 11.1 Å². The van der Waals surface area contributed by atoms with Crippen LogP contribution in [-0.2, 0) is 0 Å². The van der Waals surface area contributed by atoms with Crippen molar-refractivity contribution in [2.75, 3.05) is 12.8 Å². The number of halogens is 1. The minimum absolute atomic E-state index is 0.506. The maximum Gasteiger partial charge on any atom is 0.148 e. The number of rotatable bonds is 2. The molecule has 0 aliphatic carbocycles. The summed E-state index contributed by atoms with van der Waals surface area (Å²) in [6.45, 7) is 3.91. The van der Waals surface area contributed by atoms with Gasteiger partial charge in [0.15, 0.2) is 0 Å². The van der Waals surface area contributed by atoms with Gasteiger partial charge in [-0.1, -0.05) is 11.6 Å². The number of aromatic nitrogens is 2. The van der Waals surface area contributed by atoms with E-state index in [0.717, 1.165) is 22.4 Å². The molecule has 0 fully saturated rings. The first kappa shape index (κ1) is 11.8. The Morgan fingerprint density at radius 2 is 2.06 bits per heavy atom. The van der Waals surface area contributed by atoms with Crippen LogP contribution in [-0.4, -0.2) is 17.3 Å². The molecule has 0 atom stereocenters. The fourth-order valence-corrected chi connectivity index (χ4v) is 2.00. The van der Waals surface area contributed by atoms with Crippen LogP contribution >= 0.6 is 11.6 Å². The van der Waals surface area contributed by atoms with Crippen molar-refractivity contribution >= 4 is 17.4 Å². The van der Waals surface area contributed by atoms with Gasteiger partial charge in [0.05, 0.1) is 17.8 Å². The Morgan fingerprint density at radius 3 is 2.59 bits per heavy atom. The molecule has 0 spiro atoms. The first-order valence-electron chi connectivity index (χ1n) is 5.19. The number of ether oxygens (including phenoxy) is 1. The van der Waals surface area contributed by atoms with Crippen LogP contribution in [0.25, 0.3) is 11.3 Å². The zero-order valence-corrected chi connectivity index (χ0v) is 10.7. The Morgan fingerprint density at radius 1 is 1.35 bits per heavy atom. The maximum atomic E-state index is 6.12. The van der Waals surface area contributed by atoms with E-state index in [2.05, 4.69) is 10.2 Å². The summed E-state index contributed by atoms with van der Waals surface area (Å²) in [6.07, 6.45) is 0. The largest absolute Gasteiger partial charge is 0.495 e. The number of methoxy groups -OCH3 is 1. The molecular formula is C12H14ClN3O. The van der Waals surface area contributed by atoms with E-state index in [1.807, 2.05) is 26.0 Å². The lowest BCUT2D eigenvalue weighted by atomic mass is 10.0. The monoisotopic (exact) mass is 251 g/mol. The zero-order chi connectivity index (χ0) is 12.6. The van der Waals surface area contributed by atoms with Crippen LogP contribution in [0.2, 0.25) is 5.02 Å². The number of aromatic amines is 1. The number of hydrogen-bond donors (Lipinski definition) is 2. The highest BCUT2D eigenvalue weighted by molar-refractivity contribution is 6.32. The van der Waals surface area contributed by atoms with Crippen molar-refractivity contribution in [3.63, 3.8) is 0 Å². The van der Waals surface area contributed by atoms with E-state index in [1.54, 1.807) is 7.11 Å². The molecule has 0 unspecified atom stereocenters. The average molecular weight is 252 g/mol. The second kappa shape index (κ2) is 4.30. The second-order valence-corrected chi connectivity index (χ2v) is 4.32. The molecule has 1 heterocycles. The molecule has 5 heteroatoms. The van der Waals surface area contributed by atoms with E-state index < -0.39 is 0 Å². The molecule has 2 aromatic rings. The second-order valence-electron chi connectivity index (χ2n) is 3.91. The molecule has 0 aliphatic rings. The van der Waals surface area contributed by atoms with E-state index in [1.165, 1.54) is 0 Å². The summed E-state index contributed by atoms with van der Waals surface area (Å²) in [7, 11) is 1.60. The number of nitrogens with zero attached hydrogens (tertiary/aromatic N) is 1. The van der Waals surface area contributed by atoms with Crippen LogP contribution in [0.15, 0.2) is 12.1 Å². The summed E-state index contributed by atoms with van der Waals surface area (Å²) in [5, 5.41) is 7.48. The number of H-pyrrole nitrogens is 1. The summed E-state index contributed by atoms with van der Waals surface area (Å²) in [5.41, 5.74) is 9.58. The number of nitrogens with two attached hydrogens (primary N) is 1. The van der Waals surface area contributed by atoms with Gasteiger partial charge >= 0.3 is 0 Å². The maximum absolute atomic E-state index is 6.12. The van der Waals surface area contributed by atoms with Gasteiger partial charge in [-0.2, -0.15) is 5.10 Å². The molecule has 0 amide bonds. The molecule has 4 nitrogen and oxygen atoms in total.